The molecule has 1 unspecified atom stereocenters. The second kappa shape index (κ2) is 5.50. The summed E-state index contributed by atoms with van der Waals surface area (Å²) in [5, 5.41) is 4.30. The molecule has 1 aliphatic carbocycles. The van der Waals surface area contributed by atoms with E-state index in [4.69, 9.17) is 5.73 Å². The Bertz CT molecular complexity index is 640. The van der Waals surface area contributed by atoms with E-state index in [-0.39, 0.29) is 11.5 Å². The van der Waals surface area contributed by atoms with Gasteiger partial charge in [-0.2, -0.15) is 0 Å². The van der Waals surface area contributed by atoms with Gasteiger partial charge in [-0.1, -0.05) is 43.5 Å². The maximum atomic E-state index is 6.44. The van der Waals surface area contributed by atoms with Crippen molar-refractivity contribution < 1.29 is 0 Å². The summed E-state index contributed by atoms with van der Waals surface area (Å²) >= 11 is 1.44. The maximum absolute atomic E-state index is 6.44. The highest BCUT2D eigenvalue weighted by atomic mass is 32.1. The molecule has 3 nitrogen and oxygen atoms in total. The average Bonchev–Trinajstić information content (AvgIpc) is 3.06. The van der Waals surface area contributed by atoms with E-state index in [1.165, 1.54) is 47.5 Å². The summed E-state index contributed by atoms with van der Waals surface area (Å²) in [7, 11) is 0. The lowest BCUT2D eigenvalue weighted by atomic mass is 9.89. The van der Waals surface area contributed by atoms with Crippen LogP contribution >= 0.6 is 11.5 Å². The lowest BCUT2D eigenvalue weighted by molar-refractivity contribution is 0.550. The number of nitrogens with two attached hydrogens (primary N) is 1. The third kappa shape index (κ3) is 3.01. The normalized spacial score (nSPS) is 16.0. The first kappa shape index (κ1) is 14.7. The fraction of sp³-hybridized carbons (Fsp3) is 0.529. The lowest BCUT2D eigenvalue weighted by Gasteiger charge is -2.19. The molecule has 3 rings (SSSR count). The number of nitrogens with zero attached hydrogens (tertiary/aromatic N) is 2. The summed E-state index contributed by atoms with van der Waals surface area (Å²) in [6, 6.07) is 6.83. The molecule has 0 amide bonds. The Kier molecular flexibility index (Phi) is 3.84. The molecule has 0 saturated carbocycles. The van der Waals surface area contributed by atoms with Crippen molar-refractivity contribution >= 4 is 11.5 Å². The molecule has 1 aliphatic rings. The molecular formula is C17H23N3S. The van der Waals surface area contributed by atoms with Gasteiger partial charge in [0.15, 0.2) is 0 Å². The lowest BCUT2D eigenvalue weighted by Crippen LogP contribution is -2.20. The standard InChI is InChI=1S/C17H23N3S/c1-17(2,3)16-15(21-20-19-16)14(18)10-11-7-8-12-5-4-6-13(12)9-11/h7-9,14H,4-6,10,18H2,1-3H3. The molecule has 1 heterocycles. The molecule has 1 aromatic carbocycles. The van der Waals surface area contributed by atoms with Crippen molar-refractivity contribution in [2.45, 2.75) is 57.9 Å². The Hall–Kier alpha value is -1.26. The van der Waals surface area contributed by atoms with Gasteiger partial charge in [-0.25, -0.2) is 0 Å². The number of rotatable bonds is 3. The molecular weight excluding hydrogens is 278 g/mol. The molecule has 2 aromatic rings. The summed E-state index contributed by atoms with van der Waals surface area (Å²) in [5.74, 6) is 0. The van der Waals surface area contributed by atoms with Crippen LogP contribution in [-0.2, 0) is 24.7 Å². The van der Waals surface area contributed by atoms with Gasteiger partial charge in [0, 0.05) is 11.5 Å². The van der Waals surface area contributed by atoms with Gasteiger partial charge >= 0.3 is 0 Å². The van der Waals surface area contributed by atoms with Crippen molar-refractivity contribution in [3.63, 3.8) is 0 Å². The SMILES string of the molecule is CC(C)(C)c1nnsc1C(N)Cc1ccc2c(c1)CCC2. The van der Waals surface area contributed by atoms with E-state index < -0.39 is 0 Å². The smallest absolute Gasteiger partial charge is 0.0857 e. The highest BCUT2D eigenvalue weighted by molar-refractivity contribution is 7.05. The van der Waals surface area contributed by atoms with Gasteiger partial charge in [0.1, 0.15) is 0 Å². The Morgan fingerprint density at radius 2 is 2.00 bits per heavy atom. The molecule has 1 aromatic heterocycles. The molecule has 112 valence electrons. The zero-order valence-corrected chi connectivity index (χ0v) is 13.8. The quantitative estimate of drug-likeness (QED) is 0.943. The largest absolute Gasteiger partial charge is 0.323 e. The van der Waals surface area contributed by atoms with Crippen LogP contribution in [0.1, 0.15) is 60.5 Å². The van der Waals surface area contributed by atoms with Gasteiger partial charge in [-0.05, 0) is 53.9 Å². The molecule has 1 atom stereocenters. The van der Waals surface area contributed by atoms with Crippen LogP contribution in [0.2, 0.25) is 0 Å². The summed E-state index contributed by atoms with van der Waals surface area (Å²) in [6.07, 6.45) is 4.60. The molecule has 0 spiro atoms. The van der Waals surface area contributed by atoms with Crippen molar-refractivity contribution in [3.05, 3.63) is 45.5 Å². The van der Waals surface area contributed by atoms with Crippen molar-refractivity contribution in [1.29, 1.82) is 0 Å². The number of hydrogen-bond donors (Lipinski definition) is 1. The van der Waals surface area contributed by atoms with Crippen molar-refractivity contribution in [2.24, 2.45) is 5.73 Å². The Morgan fingerprint density at radius 3 is 2.76 bits per heavy atom. The van der Waals surface area contributed by atoms with Crippen LogP contribution in [-0.4, -0.2) is 9.59 Å². The molecule has 0 radical (unpaired) electrons. The highest BCUT2D eigenvalue weighted by Gasteiger charge is 2.25. The van der Waals surface area contributed by atoms with Gasteiger partial charge in [0.05, 0.1) is 10.6 Å². The maximum Gasteiger partial charge on any atom is 0.0857 e. The first-order valence-electron chi connectivity index (χ1n) is 7.64. The van der Waals surface area contributed by atoms with Crippen LogP contribution in [0.5, 0.6) is 0 Å². The minimum atomic E-state index is -0.0151. The topological polar surface area (TPSA) is 51.8 Å². The molecule has 0 fully saturated rings. The highest BCUT2D eigenvalue weighted by Crippen LogP contribution is 2.31. The Balaban J connectivity index is 1.81. The van der Waals surface area contributed by atoms with Gasteiger partial charge in [-0.3, -0.25) is 0 Å². The van der Waals surface area contributed by atoms with E-state index in [1.54, 1.807) is 0 Å². The van der Waals surface area contributed by atoms with Crippen molar-refractivity contribution in [2.75, 3.05) is 0 Å². The van der Waals surface area contributed by atoms with E-state index in [9.17, 15) is 0 Å². The minimum absolute atomic E-state index is 0.00210. The fourth-order valence-corrected chi connectivity index (χ4v) is 3.92. The zero-order chi connectivity index (χ0) is 15.0. The van der Waals surface area contributed by atoms with E-state index in [1.807, 2.05) is 0 Å². The van der Waals surface area contributed by atoms with Crippen LogP contribution in [0.4, 0.5) is 0 Å². The molecule has 4 heteroatoms. The fourth-order valence-electron chi connectivity index (χ4n) is 3.06. The first-order valence-corrected chi connectivity index (χ1v) is 8.41. The van der Waals surface area contributed by atoms with Gasteiger partial charge in [0.2, 0.25) is 0 Å². The number of benzene rings is 1. The second-order valence-electron chi connectivity index (χ2n) is 7.00. The predicted molar refractivity (Wildman–Crippen MR) is 87.7 cm³/mol. The van der Waals surface area contributed by atoms with Crippen LogP contribution in [0.25, 0.3) is 0 Å². The number of fused-ring (bicyclic) bond motifs is 1. The Labute approximate surface area is 130 Å². The average molecular weight is 301 g/mol. The minimum Gasteiger partial charge on any atom is -0.323 e. The third-order valence-corrected chi connectivity index (χ3v) is 5.04. The number of hydrogen-bond acceptors (Lipinski definition) is 4. The number of aromatic nitrogens is 2. The zero-order valence-electron chi connectivity index (χ0n) is 13.0. The molecule has 0 bridgehead atoms. The molecule has 0 aliphatic heterocycles. The molecule has 21 heavy (non-hydrogen) atoms. The third-order valence-electron chi connectivity index (χ3n) is 4.18. The van der Waals surface area contributed by atoms with Crippen LogP contribution in [0.15, 0.2) is 18.2 Å². The van der Waals surface area contributed by atoms with Crippen LogP contribution in [0, 0.1) is 0 Å². The van der Waals surface area contributed by atoms with Crippen molar-refractivity contribution in [3.8, 4) is 0 Å². The van der Waals surface area contributed by atoms with Crippen LogP contribution in [0.3, 0.4) is 0 Å². The summed E-state index contributed by atoms with van der Waals surface area (Å²) < 4.78 is 4.12. The summed E-state index contributed by atoms with van der Waals surface area (Å²) in [4.78, 5) is 1.13. The van der Waals surface area contributed by atoms with Crippen molar-refractivity contribution in [1.82, 2.24) is 9.59 Å². The number of aryl methyl sites for hydroxylation is 2. The molecule has 0 saturated heterocycles. The van der Waals surface area contributed by atoms with E-state index in [0.29, 0.717) is 0 Å². The van der Waals surface area contributed by atoms with Gasteiger partial charge in [0.25, 0.3) is 0 Å². The summed E-state index contributed by atoms with van der Waals surface area (Å²) in [6.45, 7) is 6.49. The summed E-state index contributed by atoms with van der Waals surface area (Å²) in [5.41, 5.74) is 11.8. The first-order chi connectivity index (χ1) is 9.95. The van der Waals surface area contributed by atoms with Crippen LogP contribution < -0.4 is 5.73 Å². The monoisotopic (exact) mass is 301 g/mol. The second-order valence-corrected chi connectivity index (χ2v) is 7.79. The molecule has 2 N–H and O–H groups in total. The van der Waals surface area contributed by atoms with E-state index >= 15 is 0 Å². The van der Waals surface area contributed by atoms with E-state index in [0.717, 1.165) is 17.0 Å². The van der Waals surface area contributed by atoms with E-state index in [2.05, 4.69) is 48.6 Å². The van der Waals surface area contributed by atoms with Gasteiger partial charge in [-0.15, -0.1) is 5.10 Å². The van der Waals surface area contributed by atoms with Gasteiger partial charge < -0.3 is 5.73 Å². The Morgan fingerprint density at radius 1 is 1.24 bits per heavy atom. The predicted octanol–water partition coefficient (Wildman–Crippen LogP) is 3.57.